The number of ether oxygens (including phenoxy) is 1. The van der Waals surface area contributed by atoms with E-state index in [9.17, 15) is 9.18 Å². The summed E-state index contributed by atoms with van der Waals surface area (Å²) in [4.78, 5) is 18.2. The molecule has 1 aliphatic rings. The zero-order valence-electron chi connectivity index (χ0n) is 18.2. The molecule has 2 rings (SSSR count). The predicted molar refractivity (Wildman–Crippen MR) is 118 cm³/mol. The number of nitrogens with zero attached hydrogens (tertiary/aromatic N) is 2. The molecule has 1 fully saturated rings. The predicted octanol–water partition coefficient (Wildman–Crippen LogP) is 2.13. The number of unbranched alkanes of at least 4 members (excludes halogenated alkanes) is 1. The molecule has 1 aromatic rings. The van der Waals surface area contributed by atoms with E-state index < -0.39 is 0 Å². The van der Waals surface area contributed by atoms with Gasteiger partial charge < -0.3 is 26.0 Å². The third-order valence-electron chi connectivity index (χ3n) is 5.17. The van der Waals surface area contributed by atoms with Crippen LogP contribution in [0, 0.1) is 11.7 Å². The molecule has 8 heteroatoms. The Kier molecular flexibility index (Phi) is 10.4. The molecular formula is C22H36FN5O2. The molecule has 30 heavy (non-hydrogen) atoms. The van der Waals surface area contributed by atoms with Gasteiger partial charge >= 0.3 is 0 Å². The van der Waals surface area contributed by atoms with Crippen molar-refractivity contribution in [3.8, 4) is 5.75 Å². The number of benzene rings is 1. The van der Waals surface area contributed by atoms with Crippen LogP contribution in [0.4, 0.5) is 4.39 Å². The Morgan fingerprint density at radius 3 is 2.77 bits per heavy atom. The minimum Gasteiger partial charge on any atom is -0.489 e. The Morgan fingerprint density at radius 1 is 1.33 bits per heavy atom. The minimum absolute atomic E-state index is 0.0501. The number of carbonyl (C=O) groups excluding carboxylic acids is 1. The molecule has 4 N–H and O–H groups in total. The van der Waals surface area contributed by atoms with Gasteiger partial charge in [-0.15, -0.1) is 0 Å². The van der Waals surface area contributed by atoms with Crippen LogP contribution in [-0.2, 0) is 4.79 Å². The first-order chi connectivity index (χ1) is 14.5. The summed E-state index contributed by atoms with van der Waals surface area (Å²) in [5.74, 6) is 0.847. The lowest BCUT2D eigenvalue weighted by Crippen LogP contribution is -2.40. The zero-order chi connectivity index (χ0) is 21.8. The minimum atomic E-state index is -0.310. The molecule has 1 saturated heterocycles. The third-order valence-corrected chi connectivity index (χ3v) is 5.17. The number of likely N-dealkylation sites (tertiary alicyclic amines) is 1. The fourth-order valence-corrected chi connectivity index (χ4v) is 3.48. The van der Waals surface area contributed by atoms with Crippen molar-refractivity contribution in [2.24, 2.45) is 16.6 Å². The number of piperidine rings is 1. The smallest absolute Gasteiger partial charge is 0.220 e. The first-order valence-electron chi connectivity index (χ1n) is 10.9. The molecule has 168 valence electrons. The van der Waals surface area contributed by atoms with Crippen molar-refractivity contribution in [2.45, 2.75) is 45.6 Å². The molecule has 1 heterocycles. The van der Waals surface area contributed by atoms with Gasteiger partial charge in [-0.05, 0) is 71.3 Å². The number of guanidine groups is 1. The molecular weight excluding hydrogens is 385 g/mol. The van der Waals surface area contributed by atoms with Crippen molar-refractivity contribution in [3.63, 3.8) is 0 Å². The highest BCUT2D eigenvalue weighted by molar-refractivity contribution is 5.79. The van der Waals surface area contributed by atoms with Crippen molar-refractivity contribution in [1.82, 2.24) is 15.5 Å². The van der Waals surface area contributed by atoms with E-state index in [1.807, 2.05) is 13.8 Å². The average Bonchev–Trinajstić information content (AvgIpc) is 2.72. The van der Waals surface area contributed by atoms with Crippen molar-refractivity contribution in [2.75, 3.05) is 39.3 Å². The third kappa shape index (κ3) is 8.98. The van der Waals surface area contributed by atoms with Gasteiger partial charge in [-0.2, -0.15) is 0 Å². The van der Waals surface area contributed by atoms with Crippen molar-refractivity contribution in [3.05, 3.63) is 30.1 Å². The van der Waals surface area contributed by atoms with Gasteiger partial charge in [0.05, 0.1) is 6.54 Å². The molecule has 0 aliphatic carbocycles. The SMILES string of the molecule is CCNC(=NCC(C)Oc1cccc(F)c1)NCCCCN1CCC(C(N)=O)CC1. The second-order valence-corrected chi connectivity index (χ2v) is 7.76. The maximum atomic E-state index is 13.3. The van der Waals surface area contributed by atoms with Gasteiger partial charge in [-0.3, -0.25) is 4.79 Å². The molecule has 1 amide bonds. The number of amides is 1. The van der Waals surface area contributed by atoms with Crippen molar-refractivity contribution < 1.29 is 13.9 Å². The highest BCUT2D eigenvalue weighted by atomic mass is 19.1. The Labute approximate surface area is 179 Å². The van der Waals surface area contributed by atoms with E-state index in [4.69, 9.17) is 10.5 Å². The van der Waals surface area contributed by atoms with Crippen LogP contribution in [0.1, 0.15) is 39.5 Å². The van der Waals surface area contributed by atoms with Crippen LogP contribution >= 0.6 is 0 Å². The Hall–Kier alpha value is -2.35. The van der Waals surface area contributed by atoms with E-state index in [-0.39, 0.29) is 23.7 Å². The van der Waals surface area contributed by atoms with Crippen LogP contribution < -0.4 is 21.1 Å². The second-order valence-electron chi connectivity index (χ2n) is 7.76. The monoisotopic (exact) mass is 421 g/mol. The summed E-state index contributed by atoms with van der Waals surface area (Å²) in [5.41, 5.74) is 5.39. The Bertz CT molecular complexity index is 677. The molecule has 0 saturated carbocycles. The summed E-state index contributed by atoms with van der Waals surface area (Å²) >= 11 is 0. The number of primary amides is 1. The van der Waals surface area contributed by atoms with Crippen LogP contribution in [-0.4, -0.2) is 62.1 Å². The van der Waals surface area contributed by atoms with Gasteiger partial charge in [0.25, 0.3) is 0 Å². The molecule has 1 atom stereocenters. The summed E-state index contributed by atoms with van der Waals surface area (Å²) < 4.78 is 19.0. The van der Waals surface area contributed by atoms with Gasteiger partial charge in [0.15, 0.2) is 5.96 Å². The topological polar surface area (TPSA) is 92.0 Å². The summed E-state index contributed by atoms with van der Waals surface area (Å²) in [7, 11) is 0. The lowest BCUT2D eigenvalue weighted by atomic mass is 9.96. The van der Waals surface area contributed by atoms with Gasteiger partial charge in [0, 0.05) is 25.1 Å². The molecule has 0 aromatic heterocycles. The molecule has 0 radical (unpaired) electrons. The number of hydrogen-bond donors (Lipinski definition) is 3. The number of hydrogen-bond acceptors (Lipinski definition) is 4. The van der Waals surface area contributed by atoms with E-state index in [0.717, 1.165) is 64.4 Å². The van der Waals surface area contributed by atoms with Crippen LogP contribution in [0.25, 0.3) is 0 Å². The summed E-state index contributed by atoms with van der Waals surface area (Å²) in [6.07, 6.45) is 3.72. The number of aliphatic imine (C=N–C) groups is 1. The van der Waals surface area contributed by atoms with Crippen LogP contribution in [0.2, 0.25) is 0 Å². The van der Waals surface area contributed by atoms with Gasteiger partial charge in [-0.25, -0.2) is 9.38 Å². The molecule has 0 bridgehead atoms. The zero-order valence-corrected chi connectivity index (χ0v) is 18.2. The van der Waals surface area contributed by atoms with Crippen molar-refractivity contribution >= 4 is 11.9 Å². The molecule has 1 unspecified atom stereocenters. The highest BCUT2D eigenvalue weighted by Gasteiger charge is 2.22. The number of nitrogens with one attached hydrogen (secondary N) is 2. The Balaban J connectivity index is 1.64. The maximum absolute atomic E-state index is 13.3. The maximum Gasteiger partial charge on any atom is 0.220 e. The second kappa shape index (κ2) is 13.1. The standard InChI is InChI=1S/C22H36FN5O2/c1-3-25-22(27-16-17(2)30-20-8-6-7-19(23)15-20)26-11-4-5-12-28-13-9-18(10-14-28)21(24)29/h6-8,15,17-18H,3-5,9-14,16H2,1-2H3,(H2,24,29)(H2,25,26,27). The largest absolute Gasteiger partial charge is 0.489 e. The molecule has 0 spiro atoms. The van der Waals surface area contributed by atoms with E-state index in [2.05, 4.69) is 20.5 Å². The van der Waals surface area contributed by atoms with Crippen LogP contribution in [0.5, 0.6) is 5.75 Å². The van der Waals surface area contributed by atoms with E-state index >= 15 is 0 Å². The van der Waals surface area contributed by atoms with Gasteiger partial charge in [-0.1, -0.05) is 6.07 Å². The molecule has 7 nitrogen and oxygen atoms in total. The molecule has 1 aromatic carbocycles. The lowest BCUT2D eigenvalue weighted by Gasteiger charge is -2.30. The number of rotatable bonds is 11. The lowest BCUT2D eigenvalue weighted by molar-refractivity contribution is -0.123. The van der Waals surface area contributed by atoms with Crippen LogP contribution in [0.15, 0.2) is 29.3 Å². The first-order valence-corrected chi connectivity index (χ1v) is 10.9. The van der Waals surface area contributed by atoms with Gasteiger partial charge in [0.1, 0.15) is 17.7 Å². The normalized spacial score (nSPS) is 16.8. The van der Waals surface area contributed by atoms with E-state index in [1.54, 1.807) is 12.1 Å². The van der Waals surface area contributed by atoms with E-state index in [1.165, 1.54) is 12.1 Å². The average molecular weight is 422 g/mol. The van der Waals surface area contributed by atoms with Gasteiger partial charge in [0.2, 0.25) is 5.91 Å². The fraction of sp³-hybridized carbons (Fsp3) is 0.636. The summed E-state index contributed by atoms with van der Waals surface area (Å²) in [6, 6.07) is 6.14. The number of nitrogens with two attached hydrogens (primary N) is 1. The van der Waals surface area contributed by atoms with E-state index in [0.29, 0.717) is 12.3 Å². The number of carbonyl (C=O) groups is 1. The van der Waals surface area contributed by atoms with Crippen LogP contribution in [0.3, 0.4) is 0 Å². The highest BCUT2D eigenvalue weighted by Crippen LogP contribution is 2.17. The first kappa shape index (κ1) is 23.9. The summed E-state index contributed by atoms with van der Waals surface area (Å²) in [5, 5.41) is 6.59. The Morgan fingerprint density at radius 2 is 2.10 bits per heavy atom. The fourth-order valence-electron chi connectivity index (χ4n) is 3.48. The summed E-state index contributed by atoms with van der Waals surface area (Å²) in [6.45, 7) is 8.98. The van der Waals surface area contributed by atoms with Crippen molar-refractivity contribution in [1.29, 1.82) is 0 Å². The quantitative estimate of drug-likeness (QED) is 0.289. The number of halogens is 1. The molecule has 1 aliphatic heterocycles.